The molecule has 2 amide bonds. The van der Waals surface area contributed by atoms with Crippen LogP contribution in [0.1, 0.15) is 30.9 Å². The van der Waals surface area contributed by atoms with E-state index in [9.17, 15) is 27.6 Å². The number of aryl methyl sites for hydroxylation is 1. The summed E-state index contributed by atoms with van der Waals surface area (Å²) in [7, 11) is 0. The first-order valence-corrected chi connectivity index (χ1v) is 9.20. The fourth-order valence-electron chi connectivity index (χ4n) is 2.62. The molecule has 30 heavy (non-hydrogen) atoms. The summed E-state index contributed by atoms with van der Waals surface area (Å²) >= 11 is 0. The van der Waals surface area contributed by atoms with Gasteiger partial charge in [-0.1, -0.05) is 37.3 Å². The number of hydrogen-bond acceptors (Lipinski definition) is 4. The number of halogens is 3. The summed E-state index contributed by atoms with van der Waals surface area (Å²) in [6, 6.07) is 11.7. The van der Waals surface area contributed by atoms with Crippen molar-refractivity contribution in [1.82, 2.24) is 0 Å². The van der Waals surface area contributed by atoms with E-state index in [2.05, 4.69) is 10.6 Å². The number of hydrogen-bond donors (Lipinski definition) is 2. The number of carbonyl (C=O) groups excluding carboxylic acids is 3. The van der Waals surface area contributed by atoms with E-state index in [4.69, 9.17) is 4.74 Å². The van der Waals surface area contributed by atoms with Crippen LogP contribution in [0.25, 0.3) is 0 Å². The Labute approximate surface area is 171 Å². The van der Waals surface area contributed by atoms with Gasteiger partial charge < -0.3 is 15.4 Å². The van der Waals surface area contributed by atoms with Gasteiger partial charge in [0.05, 0.1) is 17.7 Å². The molecule has 9 heteroatoms. The number of rotatable bonds is 8. The van der Waals surface area contributed by atoms with Gasteiger partial charge in [0, 0.05) is 12.1 Å². The molecule has 0 aliphatic heterocycles. The zero-order valence-electron chi connectivity index (χ0n) is 16.2. The third kappa shape index (κ3) is 6.91. The highest BCUT2D eigenvalue weighted by Gasteiger charge is 2.33. The number of benzene rings is 2. The predicted molar refractivity (Wildman–Crippen MR) is 105 cm³/mol. The molecule has 2 aromatic carbocycles. The molecule has 0 fully saturated rings. The maximum Gasteiger partial charge on any atom is 0.418 e. The number of carbonyl (C=O) groups is 3. The fraction of sp³-hybridized carbons (Fsp3) is 0.286. The average Bonchev–Trinajstić information content (AvgIpc) is 2.70. The van der Waals surface area contributed by atoms with Gasteiger partial charge >= 0.3 is 12.1 Å². The van der Waals surface area contributed by atoms with Crippen LogP contribution >= 0.6 is 0 Å². The van der Waals surface area contributed by atoms with Crippen LogP contribution in [0.4, 0.5) is 24.5 Å². The van der Waals surface area contributed by atoms with E-state index in [1.807, 2.05) is 19.1 Å². The Morgan fingerprint density at radius 3 is 2.13 bits per heavy atom. The zero-order chi connectivity index (χ0) is 22.1. The smallest absolute Gasteiger partial charge is 0.418 e. The number of para-hydroxylation sites is 2. The molecule has 160 valence electrons. The van der Waals surface area contributed by atoms with E-state index in [1.54, 1.807) is 12.1 Å². The largest absolute Gasteiger partial charge is 0.456 e. The van der Waals surface area contributed by atoms with Gasteiger partial charge in [0.2, 0.25) is 5.91 Å². The highest BCUT2D eigenvalue weighted by molar-refractivity contribution is 5.95. The minimum absolute atomic E-state index is 0.157. The van der Waals surface area contributed by atoms with E-state index in [1.165, 1.54) is 12.1 Å². The summed E-state index contributed by atoms with van der Waals surface area (Å²) in [5.41, 5.74) is 0.166. The van der Waals surface area contributed by atoms with Crippen LogP contribution in [0.3, 0.4) is 0 Å². The summed E-state index contributed by atoms with van der Waals surface area (Å²) in [6.07, 6.45) is -4.34. The van der Waals surface area contributed by atoms with E-state index in [-0.39, 0.29) is 12.8 Å². The monoisotopic (exact) mass is 422 g/mol. The third-order valence-electron chi connectivity index (χ3n) is 4.10. The van der Waals surface area contributed by atoms with Crippen molar-refractivity contribution >= 4 is 29.2 Å². The molecule has 0 spiro atoms. The summed E-state index contributed by atoms with van der Waals surface area (Å²) in [6.45, 7) is 1.19. The molecular formula is C21H21F3N2O4. The Bertz CT molecular complexity index is 913. The van der Waals surface area contributed by atoms with Crippen molar-refractivity contribution in [3.63, 3.8) is 0 Å². The van der Waals surface area contributed by atoms with Crippen molar-refractivity contribution in [3.05, 3.63) is 59.7 Å². The van der Waals surface area contributed by atoms with Gasteiger partial charge in [-0.25, -0.2) is 0 Å². The lowest BCUT2D eigenvalue weighted by molar-refractivity contribution is -0.148. The van der Waals surface area contributed by atoms with Crippen LogP contribution in [-0.2, 0) is 31.7 Å². The molecule has 2 rings (SSSR count). The maximum atomic E-state index is 12.9. The van der Waals surface area contributed by atoms with Crippen LogP contribution in [0.2, 0.25) is 0 Å². The SMILES string of the molecule is CCc1ccccc1NC(=O)CCC(=O)OCC(=O)Nc1ccccc1C(F)(F)F. The molecule has 2 N–H and O–H groups in total. The average molecular weight is 422 g/mol. The molecule has 0 saturated heterocycles. The molecule has 0 saturated carbocycles. The Kier molecular flexibility index (Phi) is 7.97. The van der Waals surface area contributed by atoms with Gasteiger partial charge in [-0.2, -0.15) is 13.2 Å². The number of alkyl halides is 3. The molecule has 6 nitrogen and oxygen atoms in total. The van der Waals surface area contributed by atoms with Gasteiger partial charge in [-0.05, 0) is 30.2 Å². The first-order valence-electron chi connectivity index (χ1n) is 9.20. The van der Waals surface area contributed by atoms with E-state index < -0.39 is 41.8 Å². The summed E-state index contributed by atoms with van der Waals surface area (Å²) in [5.74, 6) is -2.12. The Morgan fingerprint density at radius 1 is 0.867 bits per heavy atom. The standard InChI is InChI=1S/C21H21F3N2O4/c1-2-14-7-3-5-9-16(14)25-18(27)11-12-20(29)30-13-19(28)26-17-10-6-4-8-15(17)21(22,23)24/h3-10H,2,11-13H2,1H3,(H,25,27)(H,26,28). The van der Waals surface area contributed by atoms with Crippen LogP contribution in [0.5, 0.6) is 0 Å². The molecule has 0 bridgehead atoms. The van der Waals surface area contributed by atoms with Crippen LogP contribution < -0.4 is 10.6 Å². The normalized spacial score (nSPS) is 10.9. The maximum absolute atomic E-state index is 12.9. The topological polar surface area (TPSA) is 84.5 Å². The number of ether oxygens (including phenoxy) is 1. The molecule has 2 aromatic rings. The zero-order valence-corrected chi connectivity index (χ0v) is 16.2. The molecule has 0 atom stereocenters. The van der Waals surface area contributed by atoms with Crippen LogP contribution in [0, 0.1) is 0 Å². The molecule has 0 heterocycles. The van der Waals surface area contributed by atoms with E-state index in [0.29, 0.717) is 5.69 Å². The highest BCUT2D eigenvalue weighted by Crippen LogP contribution is 2.34. The lowest BCUT2D eigenvalue weighted by Crippen LogP contribution is -2.23. The molecular weight excluding hydrogens is 401 g/mol. The molecule has 0 unspecified atom stereocenters. The Balaban J connectivity index is 1.78. The molecule has 0 aliphatic rings. The van der Waals surface area contributed by atoms with Crippen LogP contribution in [0.15, 0.2) is 48.5 Å². The number of esters is 1. The quantitative estimate of drug-likeness (QED) is 0.626. The van der Waals surface area contributed by atoms with Crippen molar-refractivity contribution in [1.29, 1.82) is 0 Å². The van der Waals surface area contributed by atoms with Gasteiger partial charge in [0.15, 0.2) is 6.61 Å². The van der Waals surface area contributed by atoms with Crippen molar-refractivity contribution in [2.45, 2.75) is 32.4 Å². The van der Waals surface area contributed by atoms with E-state index in [0.717, 1.165) is 24.1 Å². The number of nitrogens with one attached hydrogen (secondary N) is 2. The second-order valence-corrected chi connectivity index (χ2v) is 6.31. The second-order valence-electron chi connectivity index (χ2n) is 6.31. The predicted octanol–water partition coefficient (Wildman–Crippen LogP) is 4.17. The number of amides is 2. The van der Waals surface area contributed by atoms with Crippen LogP contribution in [-0.4, -0.2) is 24.4 Å². The highest BCUT2D eigenvalue weighted by atomic mass is 19.4. The van der Waals surface area contributed by atoms with Gasteiger partial charge in [-0.15, -0.1) is 0 Å². The third-order valence-corrected chi connectivity index (χ3v) is 4.10. The second kappa shape index (κ2) is 10.4. The lowest BCUT2D eigenvalue weighted by Gasteiger charge is -2.13. The summed E-state index contributed by atoms with van der Waals surface area (Å²) < 4.78 is 43.5. The first kappa shape index (κ1) is 22.9. The number of anilines is 2. The Morgan fingerprint density at radius 2 is 1.47 bits per heavy atom. The minimum atomic E-state index is -4.63. The fourth-order valence-corrected chi connectivity index (χ4v) is 2.62. The summed E-state index contributed by atoms with van der Waals surface area (Å²) in [5, 5.41) is 4.77. The molecule has 0 aliphatic carbocycles. The van der Waals surface area contributed by atoms with E-state index >= 15 is 0 Å². The molecule has 0 aromatic heterocycles. The van der Waals surface area contributed by atoms with Crippen molar-refractivity contribution in [3.8, 4) is 0 Å². The minimum Gasteiger partial charge on any atom is -0.456 e. The molecule has 0 radical (unpaired) electrons. The van der Waals surface area contributed by atoms with Gasteiger partial charge in [0.1, 0.15) is 0 Å². The summed E-state index contributed by atoms with van der Waals surface area (Å²) in [4.78, 5) is 35.5. The van der Waals surface area contributed by atoms with Gasteiger partial charge in [0.25, 0.3) is 5.91 Å². The lowest BCUT2D eigenvalue weighted by atomic mass is 10.1. The first-order chi connectivity index (χ1) is 14.2. The van der Waals surface area contributed by atoms with Crippen molar-refractivity contribution < 1.29 is 32.3 Å². The van der Waals surface area contributed by atoms with Crippen molar-refractivity contribution in [2.75, 3.05) is 17.2 Å². The Hall–Kier alpha value is -3.36. The van der Waals surface area contributed by atoms with Crippen molar-refractivity contribution in [2.24, 2.45) is 0 Å². The van der Waals surface area contributed by atoms with Gasteiger partial charge in [-0.3, -0.25) is 14.4 Å².